The molecule has 2 rings (SSSR count). The molecule has 2 aromatic heterocycles. The Morgan fingerprint density at radius 2 is 2.00 bits per heavy atom. The number of nitrogens with zero attached hydrogens (tertiary/aromatic N) is 1. The summed E-state index contributed by atoms with van der Waals surface area (Å²) >= 11 is 0. The van der Waals surface area contributed by atoms with Crippen molar-refractivity contribution < 1.29 is 0 Å². The maximum Gasteiger partial charge on any atom is 0.137 e. The quantitative estimate of drug-likeness (QED) is 0.729. The molecule has 2 heteroatoms. The van der Waals surface area contributed by atoms with Crippen LogP contribution in [0.3, 0.4) is 0 Å². The lowest BCUT2D eigenvalue weighted by Crippen LogP contribution is -1.83. The maximum atomic E-state index is 4.23. The number of nitrogens with one attached hydrogen (secondary N) is 1. The molecule has 76 valence electrons. The van der Waals surface area contributed by atoms with Crippen LogP contribution in [0.15, 0.2) is 24.5 Å². The van der Waals surface area contributed by atoms with Crippen molar-refractivity contribution in [2.24, 2.45) is 0 Å². The highest BCUT2D eigenvalue weighted by Gasteiger charge is 2.05. The molecule has 0 bridgehead atoms. The maximum absolute atomic E-state index is 4.23. The Hall–Kier alpha value is -1.31. The molecule has 0 saturated heterocycles. The Balaban J connectivity index is 0.000000461. The van der Waals surface area contributed by atoms with Gasteiger partial charge in [-0.2, -0.15) is 0 Å². The van der Waals surface area contributed by atoms with E-state index in [1.807, 2.05) is 32.3 Å². The summed E-state index contributed by atoms with van der Waals surface area (Å²) in [4.78, 5) is 7.39. The van der Waals surface area contributed by atoms with Gasteiger partial charge in [0.1, 0.15) is 5.65 Å². The monoisotopic (exact) mass is 190 g/mol. The van der Waals surface area contributed by atoms with Crippen molar-refractivity contribution in [3.8, 4) is 0 Å². The second-order valence-corrected chi connectivity index (χ2v) is 3.30. The number of hydrogen-bond acceptors (Lipinski definition) is 1. The third-order valence-corrected chi connectivity index (χ3v) is 2.11. The average Bonchev–Trinajstić information content (AvgIpc) is 2.64. The molecular weight excluding hydrogens is 172 g/mol. The van der Waals surface area contributed by atoms with Crippen molar-refractivity contribution in [1.82, 2.24) is 9.97 Å². The van der Waals surface area contributed by atoms with Crippen LogP contribution in [0.25, 0.3) is 11.0 Å². The number of pyridine rings is 1. The molecule has 0 unspecified atom stereocenters. The zero-order chi connectivity index (χ0) is 10.6. The first-order chi connectivity index (χ1) is 6.79. The fourth-order valence-corrected chi connectivity index (χ4v) is 1.45. The van der Waals surface area contributed by atoms with E-state index in [0.717, 1.165) is 5.65 Å². The Bertz CT molecular complexity index is 388. The minimum absolute atomic E-state index is 0.558. The van der Waals surface area contributed by atoms with Gasteiger partial charge < -0.3 is 4.98 Å². The molecule has 0 fully saturated rings. The summed E-state index contributed by atoms with van der Waals surface area (Å²) in [7, 11) is 0. The predicted octanol–water partition coefficient (Wildman–Crippen LogP) is 3.71. The zero-order valence-electron chi connectivity index (χ0n) is 9.33. The molecule has 0 saturated carbocycles. The van der Waals surface area contributed by atoms with E-state index in [2.05, 4.69) is 29.9 Å². The van der Waals surface area contributed by atoms with Gasteiger partial charge in [-0.05, 0) is 23.6 Å². The fourth-order valence-electron chi connectivity index (χ4n) is 1.45. The number of rotatable bonds is 1. The molecule has 14 heavy (non-hydrogen) atoms. The molecule has 0 atom stereocenters. The van der Waals surface area contributed by atoms with E-state index in [1.54, 1.807) is 0 Å². The molecular formula is C12H18N2. The summed E-state index contributed by atoms with van der Waals surface area (Å²) < 4.78 is 0. The van der Waals surface area contributed by atoms with Crippen LogP contribution in [0, 0.1) is 0 Å². The summed E-state index contributed by atoms with van der Waals surface area (Å²) in [5.74, 6) is 0.558. The smallest absolute Gasteiger partial charge is 0.137 e. The molecule has 0 aliphatic carbocycles. The molecule has 0 amide bonds. The molecule has 2 aromatic rings. The Kier molecular flexibility index (Phi) is 3.69. The van der Waals surface area contributed by atoms with Crippen LogP contribution in [0.4, 0.5) is 0 Å². The number of fused-ring (bicyclic) bond motifs is 1. The Labute approximate surface area is 85.4 Å². The first-order valence-electron chi connectivity index (χ1n) is 5.21. The van der Waals surface area contributed by atoms with E-state index in [0.29, 0.717) is 5.92 Å². The number of aromatic amines is 1. The highest BCUT2D eigenvalue weighted by atomic mass is 14.8. The summed E-state index contributed by atoms with van der Waals surface area (Å²) in [6, 6.07) is 4.08. The number of aromatic nitrogens is 2. The molecule has 1 N–H and O–H groups in total. The van der Waals surface area contributed by atoms with Crippen molar-refractivity contribution in [3.05, 3.63) is 30.1 Å². The first-order valence-corrected chi connectivity index (χ1v) is 5.21. The second kappa shape index (κ2) is 4.80. The molecule has 0 aromatic carbocycles. The SMILES string of the molecule is CC.CC(C)c1c[nH]c2ncccc12. The lowest BCUT2D eigenvalue weighted by molar-refractivity contribution is 0.875. The molecule has 0 aliphatic rings. The van der Waals surface area contributed by atoms with Gasteiger partial charge in [0.2, 0.25) is 0 Å². The number of hydrogen-bond donors (Lipinski definition) is 1. The van der Waals surface area contributed by atoms with Gasteiger partial charge in [-0.3, -0.25) is 0 Å². The molecule has 0 aliphatic heterocycles. The molecule has 2 nitrogen and oxygen atoms in total. The average molecular weight is 190 g/mol. The van der Waals surface area contributed by atoms with E-state index in [9.17, 15) is 0 Å². The van der Waals surface area contributed by atoms with Crippen molar-refractivity contribution in [1.29, 1.82) is 0 Å². The van der Waals surface area contributed by atoms with Gasteiger partial charge in [-0.1, -0.05) is 27.7 Å². The summed E-state index contributed by atoms with van der Waals surface area (Å²) in [6.45, 7) is 8.38. The van der Waals surface area contributed by atoms with Crippen molar-refractivity contribution >= 4 is 11.0 Å². The molecule has 0 spiro atoms. The fraction of sp³-hybridized carbons (Fsp3) is 0.417. The van der Waals surface area contributed by atoms with Gasteiger partial charge >= 0.3 is 0 Å². The van der Waals surface area contributed by atoms with Crippen LogP contribution in [-0.2, 0) is 0 Å². The van der Waals surface area contributed by atoms with E-state index >= 15 is 0 Å². The van der Waals surface area contributed by atoms with Gasteiger partial charge in [0.15, 0.2) is 0 Å². The van der Waals surface area contributed by atoms with Gasteiger partial charge in [-0.15, -0.1) is 0 Å². The van der Waals surface area contributed by atoms with Gasteiger partial charge in [-0.25, -0.2) is 4.98 Å². The van der Waals surface area contributed by atoms with Gasteiger partial charge in [0, 0.05) is 17.8 Å². The highest BCUT2D eigenvalue weighted by molar-refractivity contribution is 5.79. The van der Waals surface area contributed by atoms with E-state index < -0.39 is 0 Å². The first kappa shape index (κ1) is 10.8. The van der Waals surface area contributed by atoms with Crippen LogP contribution >= 0.6 is 0 Å². The lowest BCUT2D eigenvalue weighted by atomic mass is 10.0. The third kappa shape index (κ3) is 1.95. The van der Waals surface area contributed by atoms with Gasteiger partial charge in [0.25, 0.3) is 0 Å². The lowest BCUT2D eigenvalue weighted by Gasteiger charge is -2.00. The van der Waals surface area contributed by atoms with E-state index in [1.165, 1.54) is 10.9 Å². The Morgan fingerprint density at radius 3 is 2.64 bits per heavy atom. The van der Waals surface area contributed by atoms with Crippen molar-refractivity contribution in [3.63, 3.8) is 0 Å². The predicted molar refractivity (Wildman–Crippen MR) is 61.5 cm³/mol. The van der Waals surface area contributed by atoms with Crippen LogP contribution in [0.1, 0.15) is 39.2 Å². The highest BCUT2D eigenvalue weighted by Crippen LogP contribution is 2.22. The normalized spacial score (nSPS) is 10.1. The summed E-state index contributed by atoms with van der Waals surface area (Å²) in [5, 5.41) is 1.24. The summed E-state index contributed by atoms with van der Waals surface area (Å²) in [5.41, 5.74) is 2.33. The van der Waals surface area contributed by atoms with Crippen molar-refractivity contribution in [2.45, 2.75) is 33.6 Å². The Morgan fingerprint density at radius 1 is 1.29 bits per heavy atom. The van der Waals surface area contributed by atoms with E-state index in [-0.39, 0.29) is 0 Å². The van der Waals surface area contributed by atoms with Crippen molar-refractivity contribution in [2.75, 3.05) is 0 Å². The minimum Gasteiger partial charge on any atom is -0.346 e. The standard InChI is InChI=1S/C10H12N2.C2H6/c1-7(2)9-6-12-10-8(9)4-3-5-11-10;1-2/h3-7H,1-2H3,(H,11,12);1-2H3. The molecule has 0 radical (unpaired) electrons. The molecule has 2 heterocycles. The van der Waals surface area contributed by atoms with Crippen LogP contribution < -0.4 is 0 Å². The van der Waals surface area contributed by atoms with E-state index in [4.69, 9.17) is 0 Å². The second-order valence-electron chi connectivity index (χ2n) is 3.30. The number of H-pyrrole nitrogens is 1. The minimum atomic E-state index is 0.558. The zero-order valence-corrected chi connectivity index (χ0v) is 9.33. The van der Waals surface area contributed by atoms with Crippen LogP contribution in [0.5, 0.6) is 0 Å². The van der Waals surface area contributed by atoms with Crippen LogP contribution in [-0.4, -0.2) is 9.97 Å². The largest absolute Gasteiger partial charge is 0.346 e. The topological polar surface area (TPSA) is 28.7 Å². The van der Waals surface area contributed by atoms with Crippen LogP contribution in [0.2, 0.25) is 0 Å². The summed E-state index contributed by atoms with van der Waals surface area (Å²) in [6.07, 6.45) is 3.85. The van der Waals surface area contributed by atoms with Gasteiger partial charge in [0.05, 0.1) is 0 Å². The third-order valence-electron chi connectivity index (χ3n) is 2.11.